The van der Waals surface area contributed by atoms with Crippen LogP contribution in [0.4, 0.5) is 0 Å². The average molecular weight is 226 g/mol. The molecule has 1 fully saturated rings. The third-order valence-electron chi connectivity index (χ3n) is 3.34. The average Bonchev–Trinajstić information content (AvgIpc) is 2.17. The van der Waals surface area contributed by atoms with E-state index in [-0.39, 0.29) is 23.3 Å². The maximum Gasteiger partial charge on any atom is 0.220 e. The summed E-state index contributed by atoms with van der Waals surface area (Å²) in [5.74, 6) is -0.221. The van der Waals surface area contributed by atoms with Crippen molar-refractivity contribution in [3.63, 3.8) is 0 Å². The third kappa shape index (κ3) is 3.04. The first-order valence-electron chi connectivity index (χ1n) is 5.85. The van der Waals surface area contributed by atoms with Crippen LogP contribution in [0.15, 0.2) is 0 Å². The van der Waals surface area contributed by atoms with Crippen LogP contribution in [-0.4, -0.2) is 36.2 Å². The molecule has 0 radical (unpaired) electrons. The van der Waals surface area contributed by atoms with Gasteiger partial charge in [0.05, 0.1) is 6.04 Å². The summed E-state index contributed by atoms with van der Waals surface area (Å²) in [6, 6.07) is -0.0682. The largest absolute Gasteiger partial charge is 0.369 e. The molecular weight excluding hydrogens is 204 g/mol. The molecule has 0 aromatic rings. The molecular formula is C12H22N2O2. The molecule has 0 aromatic heterocycles. The number of likely N-dealkylation sites (tertiary alicyclic amines) is 1. The molecule has 0 aromatic carbocycles. The molecule has 0 bridgehead atoms. The molecule has 1 amide bonds. The number of hydrogen-bond acceptors (Lipinski definition) is 3. The second-order valence-corrected chi connectivity index (χ2v) is 5.66. The summed E-state index contributed by atoms with van der Waals surface area (Å²) in [5.41, 5.74) is 5.23. The quantitative estimate of drug-likeness (QED) is 0.724. The number of hydrogen-bond donors (Lipinski definition) is 1. The van der Waals surface area contributed by atoms with Crippen LogP contribution in [0.2, 0.25) is 0 Å². The van der Waals surface area contributed by atoms with Crippen molar-refractivity contribution in [3.05, 3.63) is 0 Å². The Morgan fingerprint density at radius 1 is 1.38 bits per heavy atom. The summed E-state index contributed by atoms with van der Waals surface area (Å²) in [6.07, 6.45) is 2.57. The highest BCUT2D eigenvalue weighted by atomic mass is 16.1. The molecule has 92 valence electrons. The summed E-state index contributed by atoms with van der Waals surface area (Å²) in [7, 11) is 0. The lowest BCUT2D eigenvalue weighted by atomic mass is 9.84. The van der Waals surface area contributed by atoms with Crippen molar-refractivity contribution in [1.29, 1.82) is 0 Å². The van der Waals surface area contributed by atoms with Crippen LogP contribution in [0, 0.1) is 11.3 Å². The summed E-state index contributed by atoms with van der Waals surface area (Å²) in [5, 5.41) is 0. The van der Waals surface area contributed by atoms with Crippen molar-refractivity contribution in [3.8, 4) is 0 Å². The van der Waals surface area contributed by atoms with Crippen molar-refractivity contribution >= 4 is 12.2 Å². The van der Waals surface area contributed by atoms with E-state index in [1.54, 1.807) is 0 Å². The fourth-order valence-corrected chi connectivity index (χ4v) is 2.30. The number of amides is 1. The Bertz CT molecular complexity index is 263. The van der Waals surface area contributed by atoms with E-state index < -0.39 is 0 Å². The first kappa shape index (κ1) is 13.2. The van der Waals surface area contributed by atoms with Crippen LogP contribution < -0.4 is 5.73 Å². The van der Waals surface area contributed by atoms with Crippen LogP contribution in [-0.2, 0) is 9.59 Å². The molecule has 2 N–H and O–H groups in total. The second kappa shape index (κ2) is 4.95. The van der Waals surface area contributed by atoms with Gasteiger partial charge in [0.1, 0.15) is 6.29 Å². The fourth-order valence-electron chi connectivity index (χ4n) is 2.30. The molecule has 1 rings (SSSR count). The molecule has 1 unspecified atom stereocenters. The maximum atomic E-state index is 11.1. The molecule has 0 spiro atoms. The molecule has 1 atom stereocenters. The summed E-state index contributed by atoms with van der Waals surface area (Å²) >= 11 is 0. The van der Waals surface area contributed by atoms with Crippen molar-refractivity contribution in [2.75, 3.05) is 13.1 Å². The molecule has 4 heteroatoms. The van der Waals surface area contributed by atoms with Crippen molar-refractivity contribution < 1.29 is 9.59 Å². The molecule has 16 heavy (non-hydrogen) atoms. The lowest BCUT2D eigenvalue weighted by molar-refractivity contribution is -0.124. The zero-order valence-electron chi connectivity index (χ0n) is 10.4. The number of rotatable bonds is 3. The van der Waals surface area contributed by atoms with Gasteiger partial charge in [0.25, 0.3) is 0 Å². The number of carbonyl (C=O) groups is 2. The standard InChI is InChI=1S/C12H22N2O2/c1-12(2,3)10(8-15)14-6-4-9(5-7-14)11(13)16/h8-10H,4-7H2,1-3H3,(H2,13,16). The third-order valence-corrected chi connectivity index (χ3v) is 3.34. The van der Waals surface area contributed by atoms with E-state index >= 15 is 0 Å². The maximum absolute atomic E-state index is 11.1. The monoisotopic (exact) mass is 226 g/mol. The van der Waals surface area contributed by atoms with Gasteiger partial charge in [-0.2, -0.15) is 0 Å². The van der Waals surface area contributed by atoms with Gasteiger partial charge in [-0.3, -0.25) is 9.69 Å². The topological polar surface area (TPSA) is 63.4 Å². The predicted molar refractivity (Wildman–Crippen MR) is 62.8 cm³/mol. The van der Waals surface area contributed by atoms with Crippen molar-refractivity contribution in [1.82, 2.24) is 4.90 Å². The molecule has 1 heterocycles. The molecule has 0 aliphatic carbocycles. The van der Waals surface area contributed by atoms with E-state index in [0.717, 1.165) is 32.2 Å². The van der Waals surface area contributed by atoms with Gasteiger partial charge in [-0.15, -0.1) is 0 Å². The van der Waals surface area contributed by atoms with Gasteiger partial charge >= 0.3 is 0 Å². The van der Waals surface area contributed by atoms with Crippen LogP contribution in [0.5, 0.6) is 0 Å². The number of piperidine rings is 1. The highest BCUT2D eigenvalue weighted by Crippen LogP contribution is 2.27. The number of primary amides is 1. The first-order valence-corrected chi connectivity index (χ1v) is 5.85. The van der Waals surface area contributed by atoms with Crippen LogP contribution in [0.1, 0.15) is 33.6 Å². The SMILES string of the molecule is CC(C)(C)C(C=O)N1CCC(C(N)=O)CC1. The van der Waals surface area contributed by atoms with Gasteiger partial charge in [0.2, 0.25) is 5.91 Å². The lowest BCUT2D eigenvalue weighted by Gasteiger charge is -2.40. The van der Waals surface area contributed by atoms with Gasteiger partial charge in [0, 0.05) is 5.92 Å². The number of carbonyl (C=O) groups excluding carboxylic acids is 2. The molecule has 1 aliphatic rings. The Kier molecular flexibility index (Phi) is 4.08. The zero-order chi connectivity index (χ0) is 12.3. The molecule has 4 nitrogen and oxygen atoms in total. The number of nitrogens with zero attached hydrogens (tertiary/aromatic N) is 1. The van der Waals surface area contributed by atoms with Crippen molar-refractivity contribution in [2.45, 2.75) is 39.7 Å². The van der Waals surface area contributed by atoms with E-state index in [2.05, 4.69) is 25.7 Å². The lowest BCUT2D eigenvalue weighted by Crippen LogP contribution is -2.50. The van der Waals surface area contributed by atoms with Crippen LogP contribution in [0.25, 0.3) is 0 Å². The Morgan fingerprint density at radius 3 is 2.19 bits per heavy atom. The summed E-state index contributed by atoms with van der Waals surface area (Å²) in [4.78, 5) is 24.3. The fraction of sp³-hybridized carbons (Fsp3) is 0.833. The van der Waals surface area contributed by atoms with Gasteiger partial charge < -0.3 is 10.5 Å². The van der Waals surface area contributed by atoms with E-state index in [4.69, 9.17) is 5.73 Å². The van der Waals surface area contributed by atoms with Gasteiger partial charge in [0.15, 0.2) is 0 Å². The van der Waals surface area contributed by atoms with Crippen molar-refractivity contribution in [2.24, 2.45) is 17.1 Å². The van der Waals surface area contributed by atoms with E-state index in [1.165, 1.54) is 0 Å². The molecule has 0 saturated carbocycles. The number of aldehydes is 1. The highest BCUT2D eigenvalue weighted by Gasteiger charge is 2.33. The van der Waals surface area contributed by atoms with Gasteiger partial charge in [-0.05, 0) is 31.3 Å². The second-order valence-electron chi connectivity index (χ2n) is 5.66. The van der Waals surface area contributed by atoms with E-state index in [1.807, 2.05) is 0 Å². The highest BCUT2D eigenvalue weighted by molar-refractivity contribution is 5.76. The normalized spacial score (nSPS) is 21.7. The van der Waals surface area contributed by atoms with Crippen LogP contribution >= 0.6 is 0 Å². The predicted octanol–water partition coefficient (Wildman–Crippen LogP) is 0.797. The smallest absolute Gasteiger partial charge is 0.220 e. The van der Waals surface area contributed by atoms with E-state index in [9.17, 15) is 9.59 Å². The minimum Gasteiger partial charge on any atom is -0.369 e. The molecule has 1 saturated heterocycles. The van der Waals surface area contributed by atoms with E-state index in [0.29, 0.717) is 0 Å². The minimum atomic E-state index is -0.210. The summed E-state index contributed by atoms with van der Waals surface area (Å²) < 4.78 is 0. The Labute approximate surface area is 97.2 Å². The summed E-state index contributed by atoms with van der Waals surface area (Å²) in [6.45, 7) is 7.76. The Morgan fingerprint density at radius 2 is 1.88 bits per heavy atom. The minimum absolute atomic E-state index is 0.0106. The van der Waals surface area contributed by atoms with Gasteiger partial charge in [-0.25, -0.2) is 0 Å². The first-order chi connectivity index (χ1) is 7.36. The number of nitrogens with two attached hydrogens (primary N) is 1. The Balaban J connectivity index is 2.58. The molecule has 1 aliphatic heterocycles. The van der Waals surface area contributed by atoms with Gasteiger partial charge in [-0.1, -0.05) is 20.8 Å². The zero-order valence-corrected chi connectivity index (χ0v) is 10.4. The Hall–Kier alpha value is -0.900. The van der Waals surface area contributed by atoms with Crippen LogP contribution in [0.3, 0.4) is 0 Å².